The number of amides is 1. The monoisotopic (exact) mass is 751 g/mol. The number of carbonyl (C=O) groups excluding carboxylic acids is 1. The van der Waals surface area contributed by atoms with Crippen LogP contribution < -0.4 is 28.3 Å². The Morgan fingerprint density at radius 1 is 0.792 bits per heavy atom. The van der Waals surface area contributed by atoms with Gasteiger partial charge in [-0.1, -0.05) is 0 Å². The third-order valence-corrected chi connectivity index (χ3v) is 7.15. The van der Waals surface area contributed by atoms with Gasteiger partial charge in [-0.25, -0.2) is 0 Å². The molecule has 8 unspecified atom stereocenters. The van der Waals surface area contributed by atoms with Gasteiger partial charge >= 0.3 is 20.8 Å². The summed E-state index contributed by atoms with van der Waals surface area (Å²) in [6, 6.07) is -3.29. The van der Waals surface area contributed by atoms with Crippen LogP contribution in [0.25, 0.3) is 0 Å². The van der Waals surface area contributed by atoms with Crippen molar-refractivity contribution in [3.05, 3.63) is 0 Å². The molecule has 25 nitrogen and oxygen atoms in total. The van der Waals surface area contributed by atoms with Gasteiger partial charge in [-0.15, -0.1) is 0 Å². The second-order valence-electron chi connectivity index (χ2n) is 10.7. The number of carbonyl (C=O) groups is 1. The van der Waals surface area contributed by atoms with Crippen molar-refractivity contribution in [3.63, 3.8) is 0 Å². The van der Waals surface area contributed by atoms with E-state index in [0.29, 0.717) is 0 Å². The molecule has 48 heavy (non-hydrogen) atoms. The highest BCUT2D eigenvalue weighted by molar-refractivity contribution is 7.80. The molecule has 3 rings (SSSR count). The van der Waals surface area contributed by atoms with E-state index < -0.39 is 125 Å². The minimum Gasteiger partial charge on any atom is -0.394 e. The van der Waals surface area contributed by atoms with Crippen LogP contribution in [0.1, 0.15) is 12.8 Å². The molecule has 0 aromatic rings. The maximum atomic E-state index is 12.4. The molecule has 2 saturated heterocycles. The average molecular weight is 752 g/mol. The van der Waals surface area contributed by atoms with Gasteiger partial charge in [0.15, 0.2) is 12.6 Å². The number of rotatable bonds is 10. The maximum absolute atomic E-state index is 12.4. The fraction of sp³-hybridized carbons (Fsp3) is 0.952. The van der Waals surface area contributed by atoms with Crippen LogP contribution in [0.3, 0.4) is 0 Å². The van der Waals surface area contributed by atoms with E-state index in [2.05, 4.69) is 5.32 Å². The minimum atomic E-state index is -4.67. The van der Waals surface area contributed by atoms with Crippen LogP contribution in [-0.4, -0.2) is 188 Å². The van der Waals surface area contributed by atoms with Crippen molar-refractivity contribution < 1.29 is 94.5 Å². The van der Waals surface area contributed by atoms with Gasteiger partial charge in [0.1, 0.15) is 61.0 Å². The normalized spacial score (nSPS) is 39.3. The van der Waals surface area contributed by atoms with Crippen LogP contribution in [0.5, 0.6) is 0 Å². The Morgan fingerprint density at radius 2 is 1.27 bits per heavy atom. The number of aliphatic hydroxyl groups excluding tert-OH is 7. The van der Waals surface area contributed by atoms with E-state index in [4.69, 9.17) is 76.9 Å². The van der Waals surface area contributed by atoms with E-state index in [1.165, 1.54) is 0 Å². The summed E-state index contributed by atoms with van der Waals surface area (Å²) in [6.07, 6.45) is -16.9. The minimum absolute atomic E-state index is 0.0255. The number of ether oxygens (including phenoxy) is 4. The lowest BCUT2D eigenvalue weighted by molar-refractivity contribution is -0.307. The van der Waals surface area contributed by atoms with Gasteiger partial charge in [0, 0.05) is 12.6 Å². The van der Waals surface area contributed by atoms with Crippen LogP contribution >= 0.6 is 0 Å². The lowest BCUT2D eigenvalue weighted by Gasteiger charge is -2.48. The zero-order valence-electron chi connectivity index (χ0n) is 24.9. The summed E-state index contributed by atoms with van der Waals surface area (Å²) in [5.74, 6) is -0.807. The fourth-order valence-electron chi connectivity index (χ4n) is 4.84. The summed E-state index contributed by atoms with van der Waals surface area (Å²) in [4.78, 5) is 12.4. The molecule has 3 aliphatic rings. The van der Waals surface area contributed by atoms with Crippen LogP contribution in [0.2, 0.25) is 0 Å². The third-order valence-electron chi connectivity index (χ3n) is 7.15. The predicted octanol–water partition coefficient (Wildman–Crippen LogP) is -9.09. The number of aliphatic hydroxyl groups is 7. The number of hydrogen-bond donors (Lipinski definition) is 16. The predicted molar refractivity (Wildman–Crippen MR) is 154 cm³/mol. The fourth-order valence-corrected chi connectivity index (χ4v) is 4.84. The zero-order chi connectivity index (χ0) is 37.3. The number of nitrogens with one attached hydrogen (secondary N) is 1. The lowest BCUT2D eigenvalue weighted by Crippen LogP contribution is -2.69. The maximum Gasteiger partial charge on any atom is 0.394 e. The van der Waals surface area contributed by atoms with Crippen LogP contribution in [0.4, 0.5) is 0 Å². The highest BCUT2D eigenvalue weighted by atomic mass is 32.3. The lowest BCUT2D eigenvalue weighted by atomic mass is 9.83. The first-order valence-corrected chi connectivity index (χ1v) is 16.7. The smallest absolute Gasteiger partial charge is 0.394 e. The third kappa shape index (κ3) is 14.1. The first-order valence-electron chi connectivity index (χ1n) is 13.9. The molecule has 15 atom stereocenters. The van der Waals surface area contributed by atoms with Crippen molar-refractivity contribution in [2.45, 2.75) is 105 Å². The van der Waals surface area contributed by atoms with E-state index in [1.807, 2.05) is 0 Å². The summed E-state index contributed by atoms with van der Waals surface area (Å²) in [6.45, 7) is -0.764. The molecule has 0 bridgehead atoms. The molecular weight excluding hydrogens is 706 g/mol. The Balaban J connectivity index is 0.00000100. The van der Waals surface area contributed by atoms with E-state index in [9.17, 15) is 40.5 Å². The summed E-state index contributed by atoms with van der Waals surface area (Å²) in [7, 11) is -9.33. The zero-order valence-corrected chi connectivity index (χ0v) is 26.5. The van der Waals surface area contributed by atoms with Gasteiger partial charge in [0.25, 0.3) is 0 Å². The molecule has 3 fully saturated rings. The van der Waals surface area contributed by atoms with Crippen LogP contribution in [-0.2, 0) is 44.5 Å². The number of nitrogens with two attached hydrogens (primary N) is 4. The molecule has 0 aromatic heterocycles. The topological polar surface area (TPSA) is 461 Å². The molecule has 1 aliphatic carbocycles. The van der Waals surface area contributed by atoms with Gasteiger partial charge < -0.3 is 82.9 Å². The molecule has 2 heterocycles. The Kier molecular flexibility index (Phi) is 17.9. The standard InChI is InChI=1S/C21H41N5O12.2H2O4S/c22-2-1-8(28)19(34)26-7-3-6(24)17(37-20-11(25)15(32)13(30)9(4-23)35-20)18(12(7)29)38-21-16(33)14(31)10(5-27)36-21;2*1-5(2,3)4/h6-18,20-21,27-33H,1-5,22-25H2,(H,26,34);2*(H2,1,2,3,4)/t6?,7?,8?,9?,10-,11+,12-,13?,14+,15-,16+,17?,18-,20?,21?;;/m1../s1. The molecule has 0 radical (unpaired) electrons. The molecule has 2 aliphatic heterocycles. The van der Waals surface area contributed by atoms with Gasteiger partial charge in [-0.05, 0) is 19.4 Å². The summed E-state index contributed by atoms with van der Waals surface area (Å²) >= 11 is 0. The van der Waals surface area contributed by atoms with Gasteiger partial charge in [0.2, 0.25) is 5.91 Å². The largest absolute Gasteiger partial charge is 0.394 e. The van der Waals surface area contributed by atoms with E-state index in [-0.39, 0.29) is 25.9 Å². The summed E-state index contributed by atoms with van der Waals surface area (Å²) in [5.41, 5.74) is 23.3. The van der Waals surface area contributed by atoms with Crippen molar-refractivity contribution >= 4 is 26.7 Å². The Hall–Kier alpha value is -1.39. The second kappa shape index (κ2) is 19.3. The molecule has 0 spiro atoms. The van der Waals surface area contributed by atoms with Crippen molar-refractivity contribution in [2.75, 3.05) is 19.7 Å². The first kappa shape index (κ1) is 44.6. The highest BCUT2D eigenvalue weighted by Crippen LogP contribution is 2.32. The summed E-state index contributed by atoms with van der Waals surface area (Å²) in [5, 5.41) is 74.0. The van der Waals surface area contributed by atoms with Gasteiger partial charge in [-0.2, -0.15) is 16.8 Å². The van der Waals surface area contributed by atoms with E-state index in [0.717, 1.165) is 0 Å². The SMILES string of the molecule is NCCC(O)C(=O)NC1CC(N)C(OC2OC(CN)C(O)[C@H](O)[C@@H]2N)[C@H](OC2O[C@H](CO)[C@H](O)[C@@H]2O)[C@@H]1O.O=S(=O)(O)O.O=S(=O)(O)O. The molecular formula is C21H45N5O20S2. The Bertz CT molecular complexity index is 1160. The van der Waals surface area contributed by atoms with Crippen LogP contribution in [0, 0.1) is 0 Å². The van der Waals surface area contributed by atoms with Crippen LogP contribution in [0.15, 0.2) is 0 Å². The average Bonchev–Trinajstić information content (AvgIpc) is 3.23. The summed E-state index contributed by atoms with van der Waals surface area (Å²) < 4.78 is 85.9. The Morgan fingerprint density at radius 3 is 1.73 bits per heavy atom. The highest BCUT2D eigenvalue weighted by Gasteiger charge is 2.53. The Labute approximate surface area is 273 Å². The van der Waals surface area contributed by atoms with Gasteiger partial charge in [-0.3, -0.25) is 23.0 Å². The molecule has 27 heteroatoms. The molecule has 20 N–H and O–H groups in total. The van der Waals surface area contributed by atoms with E-state index in [1.54, 1.807) is 0 Å². The quantitative estimate of drug-likeness (QED) is 0.0921. The second-order valence-corrected chi connectivity index (χ2v) is 12.5. The first-order chi connectivity index (χ1) is 21.9. The number of hydrogen-bond acceptors (Lipinski definition) is 20. The molecule has 286 valence electrons. The molecule has 1 saturated carbocycles. The van der Waals surface area contributed by atoms with Crippen molar-refractivity contribution in [2.24, 2.45) is 22.9 Å². The van der Waals surface area contributed by atoms with Gasteiger partial charge in [0.05, 0.1) is 18.7 Å². The molecule has 0 aromatic carbocycles. The van der Waals surface area contributed by atoms with E-state index >= 15 is 0 Å². The van der Waals surface area contributed by atoms with Crippen molar-refractivity contribution in [1.29, 1.82) is 0 Å². The van der Waals surface area contributed by atoms with Crippen molar-refractivity contribution in [1.82, 2.24) is 5.32 Å². The van der Waals surface area contributed by atoms with Crippen molar-refractivity contribution in [3.8, 4) is 0 Å². The molecule has 1 amide bonds.